The molecule has 0 spiro atoms. The molecule has 1 aromatic rings. The Balaban J connectivity index is 0.00000288. The summed E-state index contributed by atoms with van der Waals surface area (Å²) in [5.41, 5.74) is 5.66. The zero-order valence-electron chi connectivity index (χ0n) is 13.5. The summed E-state index contributed by atoms with van der Waals surface area (Å²) in [6.07, 6.45) is 1.04. The minimum absolute atomic E-state index is 0. The van der Waals surface area contributed by atoms with E-state index in [0.717, 1.165) is 0 Å². The fourth-order valence-electron chi connectivity index (χ4n) is 2.46. The second-order valence-electron chi connectivity index (χ2n) is 5.76. The van der Waals surface area contributed by atoms with Gasteiger partial charge in [0.15, 0.2) is 0 Å². The maximum Gasteiger partial charge on any atom is 0.243 e. The molecule has 1 aliphatic rings. The van der Waals surface area contributed by atoms with Gasteiger partial charge in [-0.15, -0.1) is 12.4 Å². The molecule has 0 saturated carbocycles. The second kappa shape index (κ2) is 9.01. The van der Waals surface area contributed by atoms with E-state index < -0.39 is 10.0 Å². The predicted molar refractivity (Wildman–Crippen MR) is 96.9 cm³/mol. The van der Waals surface area contributed by atoms with Crippen molar-refractivity contribution in [2.45, 2.75) is 30.7 Å². The van der Waals surface area contributed by atoms with Crippen molar-refractivity contribution in [3.05, 3.63) is 29.3 Å². The fraction of sp³-hybridized carbons (Fsp3) is 0.533. The first kappa shape index (κ1) is 21.2. The van der Waals surface area contributed by atoms with Crippen molar-refractivity contribution in [1.29, 1.82) is 0 Å². The van der Waals surface area contributed by atoms with Crippen molar-refractivity contribution in [2.24, 2.45) is 5.73 Å². The molecule has 9 heteroatoms. The number of rotatable bonds is 5. The standard InChI is InChI=1S/C15H22ClN3O3S.ClH/c1-12(17)5-6-15(20)18-7-9-19(10-8-18)23(21,22)14-4-2-3-13(16)11-14;/h2-4,11-12H,5-10,17H2,1H3;1H. The zero-order valence-corrected chi connectivity index (χ0v) is 15.9. The third kappa shape index (κ3) is 5.32. The van der Waals surface area contributed by atoms with Crippen LogP contribution in [0.1, 0.15) is 19.8 Å². The van der Waals surface area contributed by atoms with E-state index in [1.165, 1.54) is 16.4 Å². The highest BCUT2D eigenvalue weighted by molar-refractivity contribution is 7.89. The molecule has 6 nitrogen and oxygen atoms in total. The number of carbonyl (C=O) groups is 1. The average Bonchev–Trinajstić information content (AvgIpc) is 2.52. The molecule has 136 valence electrons. The topological polar surface area (TPSA) is 83.7 Å². The molecule has 1 fully saturated rings. The Labute approximate surface area is 154 Å². The molecule has 1 atom stereocenters. The molecule has 2 N–H and O–H groups in total. The van der Waals surface area contributed by atoms with Gasteiger partial charge in [0.25, 0.3) is 0 Å². The molecule has 2 rings (SSSR count). The predicted octanol–water partition coefficient (Wildman–Crippen LogP) is 1.72. The van der Waals surface area contributed by atoms with Gasteiger partial charge in [0.05, 0.1) is 4.90 Å². The molecule has 1 saturated heterocycles. The van der Waals surface area contributed by atoms with E-state index in [1.54, 1.807) is 17.0 Å². The van der Waals surface area contributed by atoms with Gasteiger partial charge in [-0.2, -0.15) is 4.31 Å². The summed E-state index contributed by atoms with van der Waals surface area (Å²) < 4.78 is 26.6. The van der Waals surface area contributed by atoms with Crippen LogP contribution in [0.15, 0.2) is 29.2 Å². The van der Waals surface area contributed by atoms with Crippen LogP contribution in [0.2, 0.25) is 5.02 Å². The summed E-state index contributed by atoms with van der Waals surface area (Å²) in [5.74, 6) is 0.0297. The van der Waals surface area contributed by atoms with Crippen molar-refractivity contribution < 1.29 is 13.2 Å². The van der Waals surface area contributed by atoms with Crippen LogP contribution in [-0.4, -0.2) is 55.8 Å². The molecule has 1 amide bonds. The van der Waals surface area contributed by atoms with Crippen LogP contribution in [0.3, 0.4) is 0 Å². The number of piperazine rings is 1. The Morgan fingerprint density at radius 3 is 2.46 bits per heavy atom. The largest absolute Gasteiger partial charge is 0.340 e. The summed E-state index contributed by atoms with van der Waals surface area (Å²) in [5, 5.41) is 0.385. The van der Waals surface area contributed by atoms with Gasteiger partial charge in [-0.05, 0) is 31.5 Å². The molecule has 1 aromatic carbocycles. The Morgan fingerprint density at radius 1 is 1.29 bits per heavy atom. The smallest absolute Gasteiger partial charge is 0.243 e. The molecular weight excluding hydrogens is 373 g/mol. The first-order valence-electron chi connectivity index (χ1n) is 7.60. The van der Waals surface area contributed by atoms with E-state index in [1.807, 2.05) is 6.92 Å². The lowest BCUT2D eigenvalue weighted by atomic mass is 10.2. The van der Waals surface area contributed by atoms with Crippen LogP contribution < -0.4 is 5.73 Å². The molecule has 0 aromatic heterocycles. The number of nitrogens with zero attached hydrogens (tertiary/aromatic N) is 2. The van der Waals surface area contributed by atoms with Gasteiger partial charge in [0.1, 0.15) is 0 Å². The van der Waals surface area contributed by atoms with E-state index in [9.17, 15) is 13.2 Å². The molecule has 0 aliphatic carbocycles. The number of sulfonamides is 1. The third-order valence-corrected chi connectivity index (χ3v) is 5.97. The van der Waals surface area contributed by atoms with Gasteiger partial charge in [0, 0.05) is 43.7 Å². The fourth-order valence-corrected chi connectivity index (χ4v) is 4.19. The minimum Gasteiger partial charge on any atom is -0.340 e. The van der Waals surface area contributed by atoms with Crippen LogP contribution in [0, 0.1) is 0 Å². The van der Waals surface area contributed by atoms with Crippen LogP contribution in [0.5, 0.6) is 0 Å². The number of hydrogen-bond donors (Lipinski definition) is 1. The Hall–Kier alpha value is -0.860. The van der Waals surface area contributed by atoms with Crippen molar-refractivity contribution in [2.75, 3.05) is 26.2 Å². The van der Waals surface area contributed by atoms with Crippen LogP contribution in [-0.2, 0) is 14.8 Å². The van der Waals surface area contributed by atoms with E-state index in [-0.39, 0.29) is 29.3 Å². The van der Waals surface area contributed by atoms with Crippen LogP contribution in [0.25, 0.3) is 0 Å². The van der Waals surface area contributed by atoms with Crippen LogP contribution in [0.4, 0.5) is 0 Å². The van der Waals surface area contributed by atoms with Crippen molar-refractivity contribution in [1.82, 2.24) is 9.21 Å². The van der Waals surface area contributed by atoms with E-state index in [2.05, 4.69) is 0 Å². The monoisotopic (exact) mass is 395 g/mol. The lowest BCUT2D eigenvalue weighted by Gasteiger charge is -2.34. The first-order valence-corrected chi connectivity index (χ1v) is 9.41. The van der Waals surface area contributed by atoms with Crippen LogP contribution >= 0.6 is 24.0 Å². The Morgan fingerprint density at radius 2 is 1.92 bits per heavy atom. The minimum atomic E-state index is -3.57. The number of benzene rings is 1. The van der Waals surface area contributed by atoms with E-state index in [4.69, 9.17) is 17.3 Å². The first-order chi connectivity index (χ1) is 10.8. The SMILES string of the molecule is CC(N)CCC(=O)N1CCN(S(=O)(=O)c2cccc(Cl)c2)CC1.Cl. The number of carbonyl (C=O) groups excluding carboxylic acids is 1. The molecular formula is C15H23Cl2N3O3S. The number of hydrogen-bond acceptors (Lipinski definition) is 4. The average molecular weight is 396 g/mol. The van der Waals surface area contributed by atoms with Gasteiger partial charge in [-0.25, -0.2) is 8.42 Å². The molecule has 1 unspecified atom stereocenters. The molecule has 0 bridgehead atoms. The number of nitrogens with two attached hydrogens (primary N) is 1. The lowest BCUT2D eigenvalue weighted by Crippen LogP contribution is -2.50. The van der Waals surface area contributed by atoms with Gasteiger partial charge < -0.3 is 10.6 Å². The van der Waals surface area contributed by atoms with Crippen molar-refractivity contribution in [3.63, 3.8) is 0 Å². The number of amides is 1. The van der Waals surface area contributed by atoms with Gasteiger partial charge in [-0.1, -0.05) is 17.7 Å². The normalized spacial score (nSPS) is 17.2. The highest BCUT2D eigenvalue weighted by atomic mass is 35.5. The lowest BCUT2D eigenvalue weighted by molar-refractivity contribution is -0.132. The summed E-state index contributed by atoms with van der Waals surface area (Å²) in [7, 11) is -3.57. The number of halogens is 2. The zero-order chi connectivity index (χ0) is 17.0. The van der Waals surface area contributed by atoms with E-state index in [0.29, 0.717) is 44.0 Å². The highest BCUT2D eigenvalue weighted by Crippen LogP contribution is 2.21. The van der Waals surface area contributed by atoms with Gasteiger partial charge in [0.2, 0.25) is 15.9 Å². The second-order valence-corrected chi connectivity index (χ2v) is 8.13. The van der Waals surface area contributed by atoms with Crippen molar-refractivity contribution in [3.8, 4) is 0 Å². The quantitative estimate of drug-likeness (QED) is 0.822. The molecule has 24 heavy (non-hydrogen) atoms. The Bertz CT molecular complexity index is 660. The highest BCUT2D eigenvalue weighted by Gasteiger charge is 2.30. The summed E-state index contributed by atoms with van der Waals surface area (Å²) >= 11 is 5.87. The van der Waals surface area contributed by atoms with Crippen molar-refractivity contribution >= 4 is 39.9 Å². The van der Waals surface area contributed by atoms with Gasteiger partial charge in [-0.3, -0.25) is 4.79 Å². The van der Waals surface area contributed by atoms with Gasteiger partial charge >= 0.3 is 0 Å². The summed E-state index contributed by atoms with van der Waals surface area (Å²) in [4.78, 5) is 13.9. The summed E-state index contributed by atoms with van der Waals surface area (Å²) in [6, 6.07) is 6.21. The summed E-state index contributed by atoms with van der Waals surface area (Å²) in [6.45, 7) is 3.25. The Kier molecular flexibility index (Phi) is 7.95. The maximum absolute atomic E-state index is 12.6. The molecule has 1 heterocycles. The maximum atomic E-state index is 12.6. The molecule has 1 aliphatic heterocycles. The molecule has 0 radical (unpaired) electrons. The van der Waals surface area contributed by atoms with E-state index >= 15 is 0 Å². The third-order valence-electron chi connectivity index (χ3n) is 3.84.